The van der Waals surface area contributed by atoms with Crippen molar-refractivity contribution < 1.29 is 23.4 Å². The van der Waals surface area contributed by atoms with E-state index in [9.17, 15) is 18.7 Å². The summed E-state index contributed by atoms with van der Waals surface area (Å²) < 4.78 is 32.8. The summed E-state index contributed by atoms with van der Waals surface area (Å²) >= 11 is 0. The van der Waals surface area contributed by atoms with E-state index in [1.807, 2.05) is 0 Å². The Morgan fingerprint density at radius 2 is 2.05 bits per heavy atom. The van der Waals surface area contributed by atoms with Gasteiger partial charge in [0.2, 0.25) is 5.91 Å². The SMILES string of the molecule is CC1(C)CN(C(=O)Cc2c(F)cccc2F)CC(CO)O1. The van der Waals surface area contributed by atoms with Crippen LogP contribution < -0.4 is 0 Å². The van der Waals surface area contributed by atoms with Gasteiger partial charge in [-0.3, -0.25) is 4.79 Å². The van der Waals surface area contributed by atoms with Crippen molar-refractivity contribution in [2.45, 2.75) is 32.0 Å². The number of nitrogens with zero attached hydrogens (tertiary/aromatic N) is 1. The maximum absolute atomic E-state index is 13.6. The van der Waals surface area contributed by atoms with E-state index >= 15 is 0 Å². The summed E-state index contributed by atoms with van der Waals surface area (Å²) in [5, 5.41) is 9.22. The van der Waals surface area contributed by atoms with Crippen LogP contribution in [0.4, 0.5) is 8.78 Å². The van der Waals surface area contributed by atoms with Gasteiger partial charge in [0.1, 0.15) is 11.6 Å². The van der Waals surface area contributed by atoms with Crippen molar-refractivity contribution >= 4 is 5.91 Å². The summed E-state index contributed by atoms with van der Waals surface area (Å²) in [5.74, 6) is -1.84. The third-order valence-corrected chi connectivity index (χ3v) is 3.43. The molecule has 1 aromatic carbocycles. The van der Waals surface area contributed by atoms with E-state index in [0.717, 1.165) is 12.1 Å². The average Bonchev–Trinajstić information content (AvgIpc) is 2.41. The number of aliphatic hydroxyl groups is 1. The van der Waals surface area contributed by atoms with Crippen LogP contribution in [0.15, 0.2) is 18.2 Å². The minimum Gasteiger partial charge on any atom is -0.394 e. The zero-order chi connectivity index (χ0) is 15.6. The predicted octanol–water partition coefficient (Wildman–Crippen LogP) is 1.51. The molecule has 0 aliphatic carbocycles. The molecule has 0 saturated carbocycles. The largest absolute Gasteiger partial charge is 0.394 e. The lowest BCUT2D eigenvalue weighted by molar-refractivity contribution is -0.166. The Kier molecular flexibility index (Phi) is 4.58. The molecular weight excluding hydrogens is 280 g/mol. The molecule has 6 heteroatoms. The molecule has 0 spiro atoms. The quantitative estimate of drug-likeness (QED) is 0.920. The number of ether oxygens (including phenoxy) is 1. The average molecular weight is 299 g/mol. The monoisotopic (exact) mass is 299 g/mol. The second-order valence-electron chi connectivity index (χ2n) is 5.83. The standard InChI is InChI=1S/C15H19F2NO3/c1-15(2)9-18(7-10(8-19)21-15)14(20)6-11-12(16)4-3-5-13(11)17/h3-5,10,19H,6-9H2,1-2H3. The van der Waals surface area contributed by atoms with Crippen LogP contribution in [0.3, 0.4) is 0 Å². The zero-order valence-electron chi connectivity index (χ0n) is 12.1. The van der Waals surface area contributed by atoms with Crippen molar-refractivity contribution in [3.05, 3.63) is 35.4 Å². The summed E-state index contributed by atoms with van der Waals surface area (Å²) in [7, 11) is 0. The highest BCUT2D eigenvalue weighted by atomic mass is 19.1. The molecule has 1 unspecified atom stereocenters. The number of aliphatic hydroxyl groups excluding tert-OH is 1. The van der Waals surface area contributed by atoms with Crippen LogP contribution in [-0.2, 0) is 16.0 Å². The fourth-order valence-corrected chi connectivity index (χ4v) is 2.54. The Bertz CT molecular complexity index is 513. The molecule has 1 aliphatic heterocycles. The normalized spacial score (nSPS) is 21.4. The van der Waals surface area contributed by atoms with Crippen molar-refractivity contribution in [2.75, 3.05) is 19.7 Å². The highest BCUT2D eigenvalue weighted by Crippen LogP contribution is 2.22. The van der Waals surface area contributed by atoms with Gasteiger partial charge in [0.15, 0.2) is 0 Å². The topological polar surface area (TPSA) is 49.8 Å². The fourth-order valence-electron chi connectivity index (χ4n) is 2.54. The molecule has 0 radical (unpaired) electrons. The molecule has 1 N–H and O–H groups in total. The van der Waals surface area contributed by atoms with Crippen molar-refractivity contribution in [3.8, 4) is 0 Å². The van der Waals surface area contributed by atoms with E-state index in [1.165, 1.54) is 11.0 Å². The number of carbonyl (C=O) groups excluding carboxylic acids is 1. The van der Waals surface area contributed by atoms with Gasteiger partial charge in [-0.05, 0) is 26.0 Å². The summed E-state index contributed by atoms with van der Waals surface area (Å²) in [6.07, 6.45) is -0.824. The van der Waals surface area contributed by atoms with Crippen LogP contribution in [0.25, 0.3) is 0 Å². The lowest BCUT2D eigenvalue weighted by Crippen LogP contribution is -2.55. The van der Waals surface area contributed by atoms with Gasteiger partial charge in [-0.2, -0.15) is 0 Å². The predicted molar refractivity (Wildman–Crippen MR) is 72.7 cm³/mol. The number of benzene rings is 1. The second-order valence-corrected chi connectivity index (χ2v) is 5.83. The van der Waals surface area contributed by atoms with E-state index < -0.39 is 23.3 Å². The van der Waals surface area contributed by atoms with Gasteiger partial charge in [-0.25, -0.2) is 8.78 Å². The minimum absolute atomic E-state index is 0.207. The minimum atomic E-state index is -0.727. The highest BCUT2D eigenvalue weighted by molar-refractivity contribution is 5.79. The van der Waals surface area contributed by atoms with Gasteiger partial charge in [-0.1, -0.05) is 6.07 Å². The van der Waals surface area contributed by atoms with E-state index in [-0.39, 0.29) is 31.0 Å². The smallest absolute Gasteiger partial charge is 0.227 e. The summed E-state index contributed by atoms with van der Waals surface area (Å²) in [4.78, 5) is 13.8. The maximum Gasteiger partial charge on any atom is 0.227 e. The molecular formula is C15H19F2NO3. The van der Waals surface area contributed by atoms with Crippen LogP contribution in [-0.4, -0.2) is 47.3 Å². The molecule has 4 nitrogen and oxygen atoms in total. The number of hydrogen-bond donors (Lipinski definition) is 1. The van der Waals surface area contributed by atoms with Crippen LogP contribution in [0.2, 0.25) is 0 Å². The van der Waals surface area contributed by atoms with Crippen LogP contribution >= 0.6 is 0 Å². The molecule has 1 saturated heterocycles. The first-order valence-electron chi connectivity index (χ1n) is 6.82. The summed E-state index contributed by atoms with van der Waals surface area (Å²) in [5.41, 5.74) is -0.831. The molecule has 1 aromatic rings. The Morgan fingerprint density at radius 1 is 1.43 bits per heavy atom. The number of carbonyl (C=O) groups is 1. The third kappa shape index (κ3) is 3.77. The third-order valence-electron chi connectivity index (χ3n) is 3.43. The molecule has 1 amide bonds. The summed E-state index contributed by atoms with van der Waals surface area (Å²) in [6.45, 7) is 3.94. The van der Waals surface area contributed by atoms with E-state index in [2.05, 4.69) is 0 Å². The lowest BCUT2D eigenvalue weighted by atomic mass is 10.0. The van der Waals surface area contributed by atoms with Crippen molar-refractivity contribution in [3.63, 3.8) is 0 Å². The number of hydrogen-bond acceptors (Lipinski definition) is 3. The van der Waals surface area contributed by atoms with E-state index in [0.29, 0.717) is 6.54 Å². The Hall–Kier alpha value is -1.53. The van der Waals surface area contributed by atoms with Crippen LogP contribution in [0, 0.1) is 11.6 Å². The molecule has 0 bridgehead atoms. The molecule has 1 atom stereocenters. The van der Waals surface area contributed by atoms with E-state index in [1.54, 1.807) is 13.8 Å². The number of morpholine rings is 1. The van der Waals surface area contributed by atoms with Gasteiger partial charge >= 0.3 is 0 Å². The van der Waals surface area contributed by atoms with Gasteiger partial charge in [0, 0.05) is 18.7 Å². The molecule has 1 fully saturated rings. The first-order valence-corrected chi connectivity index (χ1v) is 6.82. The Labute approximate surface area is 122 Å². The lowest BCUT2D eigenvalue weighted by Gasteiger charge is -2.42. The van der Waals surface area contributed by atoms with Crippen LogP contribution in [0.5, 0.6) is 0 Å². The fraction of sp³-hybridized carbons (Fsp3) is 0.533. The molecule has 1 heterocycles. The van der Waals surface area contributed by atoms with Crippen molar-refractivity contribution in [2.24, 2.45) is 0 Å². The van der Waals surface area contributed by atoms with Crippen LogP contribution in [0.1, 0.15) is 19.4 Å². The van der Waals surface area contributed by atoms with Gasteiger partial charge < -0.3 is 14.7 Å². The van der Waals surface area contributed by atoms with Crippen molar-refractivity contribution in [1.29, 1.82) is 0 Å². The van der Waals surface area contributed by atoms with Gasteiger partial charge in [-0.15, -0.1) is 0 Å². The molecule has 116 valence electrons. The number of amides is 1. The van der Waals surface area contributed by atoms with E-state index in [4.69, 9.17) is 4.74 Å². The van der Waals surface area contributed by atoms with Gasteiger partial charge in [0.05, 0.1) is 24.7 Å². The first-order chi connectivity index (χ1) is 9.82. The maximum atomic E-state index is 13.6. The molecule has 21 heavy (non-hydrogen) atoms. The molecule has 2 rings (SSSR count). The number of halogens is 2. The zero-order valence-corrected chi connectivity index (χ0v) is 12.1. The molecule has 1 aliphatic rings. The first kappa shape index (κ1) is 15.9. The highest BCUT2D eigenvalue weighted by Gasteiger charge is 2.35. The Balaban J connectivity index is 2.13. The number of rotatable bonds is 3. The Morgan fingerprint density at radius 3 is 2.62 bits per heavy atom. The molecule has 0 aromatic heterocycles. The summed E-state index contributed by atoms with van der Waals surface area (Å²) in [6, 6.07) is 3.52. The van der Waals surface area contributed by atoms with Gasteiger partial charge in [0.25, 0.3) is 0 Å². The van der Waals surface area contributed by atoms with Crippen molar-refractivity contribution in [1.82, 2.24) is 4.90 Å². The second kappa shape index (κ2) is 6.07.